The Kier molecular flexibility index (Phi) is 5.00. The SMILES string of the molecule is COc1cccc(CN2CC[C@H]3[C@@H](C2)[C@H](c2ccsc2)CN3C(C)=O)c1. The van der Waals surface area contributed by atoms with Crippen molar-refractivity contribution in [2.45, 2.75) is 31.8 Å². The molecule has 4 nitrogen and oxygen atoms in total. The molecule has 2 aliphatic heterocycles. The standard InChI is InChI=1S/C21H26N2O2S/c1-15(24)23-13-19(17-7-9-26-14-17)20-12-22(8-6-21(20)23)11-16-4-3-5-18(10-16)25-2/h3-5,7,9-10,14,19-21H,6,8,11-13H2,1-2H3/t19-,20-,21-/m0/s1. The van der Waals surface area contributed by atoms with Crippen LogP contribution in [0.2, 0.25) is 0 Å². The quantitative estimate of drug-likeness (QED) is 0.824. The van der Waals surface area contributed by atoms with E-state index in [9.17, 15) is 4.79 Å². The van der Waals surface area contributed by atoms with Crippen molar-refractivity contribution >= 4 is 17.2 Å². The van der Waals surface area contributed by atoms with Crippen molar-refractivity contribution in [3.63, 3.8) is 0 Å². The van der Waals surface area contributed by atoms with Gasteiger partial charge in [-0.1, -0.05) is 12.1 Å². The monoisotopic (exact) mass is 370 g/mol. The summed E-state index contributed by atoms with van der Waals surface area (Å²) in [6, 6.07) is 11.0. The lowest BCUT2D eigenvalue weighted by molar-refractivity contribution is -0.130. The number of amides is 1. The molecule has 2 fully saturated rings. The Hall–Kier alpha value is -1.85. The zero-order valence-corrected chi connectivity index (χ0v) is 16.2. The smallest absolute Gasteiger partial charge is 0.219 e. The van der Waals surface area contributed by atoms with Crippen LogP contribution in [0.3, 0.4) is 0 Å². The minimum Gasteiger partial charge on any atom is -0.497 e. The molecule has 0 unspecified atom stereocenters. The molecular weight excluding hydrogens is 344 g/mol. The molecule has 3 atom stereocenters. The van der Waals surface area contributed by atoms with E-state index < -0.39 is 0 Å². The third kappa shape index (κ3) is 3.38. The van der Waals surface area contributed by atoms with Gasteiger partial charge in [0.05, 0.1) is 7.11 Å². The maximum absolute atomic E-state index is 12.2. The summed E-state index contributed by atoms with van der Waals surface area (Å²) in [6.45, 7) is 5.62. The molecule has 2 aliphatic rings. The van der Waals surface area contributed by atoms with E-state index >= 15 is 0 Å². The van der Waals surface area contributed by atoms with E-state index in [1.165, 1.54) is 11.1 Å². The molecule has 1 aromatic heterocycles. The fourth-order valence-corrected chi connectivity index (χ4v) is 5.40. The molecule has 0 N–H and O–H groups in total. The number of rotatable bonds is 4. The van der Waals surface area contributed by atoms with Gasteiger partial charge in [0.1, 0.15) is 5.75 Å². The van der Waals surface area contributed by atoms with Crippen molar-refractivity contribution in [1.29, 1.82) is 0 Å². The second-order valence-electron chi connectivity index (χ2n) is 7.44. The number of fused-ring (bicyclic) bond motifs is 1. The van der Waals surface area contributed by atoms with Crippen LogP contribution in [0.5, 0.6) is 5.75 Å². The highest BCUT2D eigenvalue weighted by Gasteiger charge is 2.46. The third-order valence-corrected chi connectivity index (χ3v) is 6.63. The molecule has 5 heteroatoms. The van der Waals surface area contributed by atoms with Crippen LogP contribution in [0.4, 0.5) is 0 Å². The highest BCUT2D eigenvalue weighted by Crippen LogP contribution is 2.42. The van der Waals surface area contributed by atoms with Crippen molar-refractivity contribution in [2.24, 2.45) is 5.92 Å². The van der Waals surface area contributed by atoms with Crippen LogP contribution in [0.25, 0.3) is 0 Å². The summed E-state index contributed by atoms with van der Waals surface area (Å²) in [4.78, 5) is 16.8. The van der Waals surface area contributed by atoms with Crippen LogP contribution >= 0.6 is 11.3 Å². The Morgan fingerprint density at radius 3 is 2.92 bits per heavy atom. The number of thiophene rings is 1. The Balaban J connectivity index is 1.52. The summed E-state index contributed by atoms with van der Waals surface area (Å²) in [6.07, 6.45) is 1.06. The molecule has 1 aromatic carbocycles. The normalized spacial score (nSPS) is 25.9. The zero-order valence-electron chi connectivity index (χ0n) is 15.4. The van der Waals surface area contributed by atoms with Gasteiger partial charge in [0.25, 0.3) is 0 Å². The van der Waals surface area contributed by atoms with Gasteiger partial charge in [-0.2, -0.15) is 11.3 Å². The van der Waals surface area contributed by atoms with Crippen LogP contribution in [-0.4, -0.2) is 48.5 Å². The molecule has 2 saturated heterocycles. The Morgan fingerprint density at radius 1 is 1.31 bits per heavy atom. The summed E-state index contributed by atoms with van der Waals surface area (Å²) >= 11 is 1.75. The first-order chi connectivity index (χ1) is 12.7. The number of nitrogens with zero attached hydrogens (tertiary/aromatic N) is 2. The van der Waals surface area contributed by atoms with Gasteiger partial charge >= 0.3 is 0 Å². The third-order valence-electron chi connectivity index (χ3n) is 5.93. The molecule has 0 saturated carbocycles. The van der Waals surface area contributed by atoms with Gasteiger partial charge in [0.2, 0.25) is 5.91 Å². The summed E-state index contributed by atoms with van der Waals surface area (Å²) in [7, 11) is 1.71. The van der Waals surface area contributed by atoms with E-state index in [0.29, 0.717) is 17.9 Å². The number of piperidine rings is 1. The van der Waals surface area contributed by atoms with Crippen molar-refractivity contribution in [3.05, 3.63) is 52.2 Å². The average molecular weight is 371 g/mol. The lowest BCUT2D eigenvalue weighted by Crippen LogP contribution is -2.47. The summed E-state index contributed by atoms with van der Waals surface area (Å²) < 4.78 is 5.36. The summed E-state index contributed by atoms with van der Waals surface area (Å²) in [5, 5.41) is 4.41. The molecule has 4 rings (SSSR count). The van der Waals surface area contributed by atoms with Gasteiger partial charge in [0.15, 0.2) is 0 Å². The molecule has 0 radical (unpaired) electrons. The molecule has 0 bridgehead atoms. The van der Waals surface area contributed by atoms with Gasteiger partial charge in [-0.3, -0.25) is 9.69 Å². The van der Waals surface area contributed by atoms with Gasteiger partial charge in [-0.25, -0.2) is 0 Å². The molecule has 26 heavy (non-hydrogen) atoms. The number of benzene rings is 1. The molecule has 0 spiro atoms. The Morgan fingerprint density at radius 2 is 2.19 bits per heavy atom. The van der Waals surface area contributed by atoms with E-state index in [-0.39, 0.29) is 5.91 Å². The molecule has 138 valence electrons. The second kappa shape index (κ2) is 7.41. The minimum absolute atomic E-state index is 0.221. The summed E-state index contributed by atoms with van der Waals surface area (Å²) in [5.41, 5.74) is 2.69. The molecule has 1 amide bonds. The minimum atomic E-state index is 0.221. The zero-order chi connectivity index (χ0) is 18.1. The van der Waals surface area contributed by atoms with Crippen molar-refractivity contribution in [2.75, 3.05) is 26.7 Å². The largest absolute Gasteiger partial charge is 0.497 e. The van der Waals surface area contributed by atoms with Crippen molar-refractivity contribution in [3.8, 4) is 5.75 Å². The van der Waals surface area contributed by atoms with Crippen LogP contribution in [-0.2, 0) is 11.3 Å². The maximum Gasteiger partial charge on any atom is 0.219 e. The van der Waals surface area contributed by atoms with Crippen LogP contribution in [0.15, 0.2) is 41.1 Å². The molecule has 3 heterocycles. The highest BCUT2D eigenvalue weighted by atomic mass is 32.1. The molecular formula is C21H26N2O2S. The fourth-order valence-electron chi connectivity index (χ4n) is 4.68. The predicted molar refractivity (Wildman–Crippen MR) is 105 cm³/mol. The first-order valence-corrected chi connectivity index (χ1v) is 10.2. The number of hydrogen-bond donors (Lipinski definition) is 0. The Labute approximate surface area is 159 Å². The maximum atomic E-state index is 12.2. The van der Waals surface area contributed by atoms with Crippen LogP contribution in [0.1, 0.15) is 30.4 Å². The van der Waals surface area contributed by atoms with Gasteiger partial charge < -0.3 is 9.64 Å². The van der Waals surface area contributed by atoms with Crippen LogP contribution < -0.4 is 4.74 Å². The lowest BCUT2D eigenvalue weighted by Gasteiger charge is -2.38. The van der Waals surface area contributed by atoms with E-state index in [1.807, 2.05) is 6.07 Å². The van der Waals surface area contributed by atoms with E-state index in [1.54, 1.807) is 25.4 Å². The van der Waals surface area contributed by atoms with Crippen molar-refractivity contribution in [1.82, 2.24) is 9.80 Å². The first kappa shape index (κ1) is 17.6. The van der Waals surface area contributed by atoms with Gasteiger partial charge in [-0.05, 0) is 46.5 Å². The van der Waals surface area contributed by atoms with Crippen LogP contribution in [0, 0.1) is 5.92 Å². The number of ether oxygens (including phenoxy) is 1. The van der Waals surface area contributed by atoms with E-state index in [2.05, 4.69) is 44.8 Å². The average Bonchev–Trinajstić information content (AvgIpc) is 3.29. The first-order valence-electron chi connectivity index (χ1n) is 9.30. The van der Waals surface area contributed by atoms with Gasteiger partial charge in [-0.15, -0.1) is 0 Å². The highest BCUT2D eigenvalue weighted by molar-refractivity contribution is 7.08. The molecule has 2 aromatic rings. The number of carbonyl (C=O) groups excluding carboxylic acids is 1. The summed E-state index contributed by atoms with van der Waals surface area (Å²) in [5.74, 6) is 2.12. The van der Waals surface area contributed by atoms with E-state index in [4.69, 9.17) is 4.74 Å². The van der Waals surface area contributed by atoms with E-state index in [0.717, 1.165) is 38.3 Å². The number of likely N-dealkylation sites (tertiary alicyclic amines) is 2. The topological polar surface area (TPSA) is 32.8 Å². The number of carbonyl (C=O) groups is 1. The predicted octanol–water partition coefficient (Wildman–Crippen LogP) is 3.59. The second-order valence-corrected chi connectivity index (χ2v) is 8.22. The number of methoxy groups -OCH3 is 1. The van der Waals surface area contributed by atoms with Crippen molar-refractivity contribution < 1.29 is 9.53 Å². The van der Waals surface area contributed by atoms with Gasteiger partial charge in [0, 0.05) is 51.0 Å². The fraction of sp³-hybridized carbons (Fsp3) is 0.476. The number of hydrogen-bond acceptors (Lipinski definition) is 4. The molecule has 0 aliphatic carbocycles. The lowest BCUT2D eigenvalue weighted by atomic mass is 9.82. The Bertz CT molecular complexity index is 761.